The van der Waals surface area contributed by atoms with E-state index in [4.69, 9.17) is 4.74 Å². The highest BCUT2D eigenvalue weighted by molar-refractivity contribution is 6.03. The van der Waals surface area contributed by atoms with Gasteiger partial charge < -0.3 is 10.1 Å². The van der Waals surface area contributed by atoms with E-state index in [0.29, 0.717) is 0 Å². The van der Waals surface area contributed by atoms with Crippen molar-refractivity contribution in [2.75, 3.05) is 11.9 Å². The average Bonchev–Trinajstić information content (AvgIpc) is 2.73. The number of rotatable bonds is 7. The Morgan fingerprint density at radius 1 is 0.862 bits per heavy atom. The summed E-state index contributed by atoms with van der Waals surface area (Å²) < 4.78 is 18.3. The van der Waals surface area contributed by atoms with Crippen molar-refractivity contribution in [2.45, 2.75) is 6.42 Å². The number of esters is 1. The van der Waals surface area contributed by atoms with E-state index in [2.05, 4.69) is 5.32 Å². The fraction of sp³-hybridized carbons (Fsp3) is 0.0870. The van der Waals surface area contributed by atoms with Crippen LogP contribution >= 0.6 is 0 Å². The lowest BCUT2D eigenvalue weighted by molar-refractivity contribution is -0.115. The summed E-state index contributed by atoms with van der Waals surface area (Å²) in [6.45, 7) is -0.533. The lowest BCUT2D eigenvalue weighted by Crippen LogP contribution is -2.19. The normalized spacial score (nSPS) is 10.2. The van der Waals surface area contributed by atoms with Crippen LogP contribution in [0.3, 0.4) is 0 Å². The topological polar surface area (TPSA) is 72.5 Å². The summed E-state index contributed by atoms with van der Waals surface area (Å²) in [6, 6.07) is 20.7. The Kier molecular flexibility index (Phi) is 6.47. The van der Waals surface area contributed by atoms with Crippen molar-refractivity contribution in [3.8, 4) is 0 Å². The van der Waals surface area contributed by atoms with Gasteiger partial charge in [0.25, 0.3) is 0 Å². The molecule has 3 aromatic rings. The number of anilines is 1. The second-order valence-corrected chi connectivity index (χ2v) is 6.27. The van der Waals surface area contributed by atoms with Crippen LogP contribution in [0.4, 0.5) is 10.1 Å². The third kappa shape index (κ3) is 5.59. The van der Waals surface area contributed by atoms with Crippen LogP contribution in [0.25, 0.3) is 0 Å². The lowest BCUT2D eigenvalue weighted by atomic mass is 10.1. The standard InChI is InChI=1S/C23H18FNO4/c24-18-10-6-9-17(14-18)21(26)15-29-23(28)19-11-4-5-12-20(19)25-22(27)13-16-7-2-1-3-8-16/h1-12,14H,13,15H2,(H,25,27). The summed E-state index contributed by atoms with van der Waals surface area (Å²) in [4.78, 5) is 36.8. The minimum Gasteiger partial charge on any atom is -0.454 e. The molecule has 0 fully saturated rings. The second kappa shape index (κ2) is 9.41. The Labute approximate surface area is 167 Å². The average molecular weight is 391 g/mol. The first kappa shape index (κ1) is 19.9. The van der Waals surface area contributed by atoms with Gasteiger partial charge >= 0.3 is 5.97 Å². The zero-order chi connectivity index (χ0) is 20.6. The molecule has 1 amide bonds. The van der Waals surface area contributed by atoms with Crippen LogP contribution in [0, 0.1) is 5.82 Å². The molecular formula is C23H18FNO4. The summed E-state index contributed by atoms with van der Waals surface area (Å²) in [7, 11) is 0. The van der Waals surface area contributed by atoms with Gasteiger partial charge in [-0.3, -0.25) is 9.59 Å². The smallest absolute Gasteiger partial charge is 0.340 e. The Morgan fingerprint density at radius 3 is 2.34 bits per heavy atom. The van der Waals surface area contributed by atoms with Crippen LogP contribution in [0.1, 0.15) is 26.3 Å². The molecule has 146 valence electrons. The van der Waals surface area contributed by atoms with E-state index in [1.54, 1.807) is 18.2 Å². The largest absolute Gasteiger partial charge is 0.454 e. The van der Waals surface area contributed by atoms with Gasteiger partial charge in [0.05, 0.1) is 17.7 Å². The zero-order valence-corrected chi connectivity index (χ0v) is 15.4. The van der Waals surface area contributed by atoms with Crippen LogP contribution < -0.4 is 5.32 Å². The van der Waals surface area contributed by atoms with Gasteiger partial charge in [-0.2, -0.15) is 0 Å². The Morgan fingerprint density at radius 2 is 1.59 bits per heavy atom. The van der Waals surface area contributed by atoms with Gasteiger partial charge in [-0.15, -0.1) is 0 Å². The highest BCUT2D eigenvalue weighted by Crippen LogP contribution is 2.17. The molecule has 6 heteroatoms. The Balaban J connectivity index is 1.64. The molecule has 3 aromatic carbocycles. The summed E-state index contributed by atoms with van der Waals surface area (Å²) in [5, 5.41) is 2.69. The van der Waals surface area contributed by atoms with Crippen molar-refractivity contribution in [3.05, 3.63) is 101 Å². The number of hydrogen-bond donors (Lipinski definition) is 1. The molecule has 1 N–H and O–H groups in total. The molecule has 0 spiro atoms. The zero-order valence-electron chi connectivity index (χ0n) is 15.4. The maximum atomic E-state index is 13.2. The van der Waals surface area contributed by atoms with Gasteiger partial charge in [0, 0.05) is 5.56 Å². The van der Waals surface area contributed by atoms with Crippen LogP contribution in [0.15, 0.2) is 78.9 Å². The van der Waals surface area contributed by atoms with Gasteiger partial charge in [-0.05, 0) is 29.8 Å². The summed E-state index contributed by atoms with van der Waals surface area (Å²) >= 11 is 0. The number of para-hydroxylation sites is 1. The number of ketones is 1. The van der Waals surface area contributed by atoms with Crippen molar-refractivity contribution in [2.24, 2.45) is 0 Å². The molecular weight excluding hydrogens is 373 g/mol. The first-order valence-electron chi connectivity index (χ1n) is 8.91. The number of nitrogens with one attached hydrogen (secondary N) is 1. The monoisotopic (exact) mass is 391 g/mol. The number of amides is 1. The predicted octanol–water partition coefficient (Wildman–Crippen LogP) is 4.05. The fourth-order valence-corrected chi connectivity index (χ4v) is 2.70. The highest BCUT2D eigenvalue weighted by atomic mass is 19.1. The van der Waals surface area contributed by atoms with Crippen molar-refractivity contribution < 1.29 is 23.5 Å². The van der Waals surface area contributed by atoms with Gasteiger partial charge in [0.1, 0.15) is 5.82 Å². The minimum atomic E-state index is -0.759. The molecule has 0 heterocycles. The summed E-state index contributed by atoms with van der Waals surface area (Å²) in [6.07, 6.45) is 0.155. The van der Waals surface area contributed by atoms with Gasteiger partial charge in [0.2, 0.25) is 5.91 Å². The molecule has 0 aliphatic carbocycles. The predicted molar refractivity (Wildman–Crippen MR) is 106 cm³/mol. The van der Waals surface area contributed by atoms with Gasteiger partial charge in [-0.1, -0.05) is 54.6 Å². The minimum absolute atomic E-state index is 0.113. The van der Waals surface area contributed by atoms with Crippen LogP contribution in [-0.2, 0) is 16.0 Å². The van der Waals surface area contributed by atoms with Crippen molar-refractivity contribution in [3.63, 3.8) is 0 Å². The molecule has 0 aliphatic rings. The molecule has 3 rings (SSSR count). The molecule has 29 heavy (non-hydrogen) atoms. The number of halogens is 1. The Bertz CT molecular complexity index is 1030. The van der Waals surface area contributed by atoms with E-state index < -0.39 is 24.2 Å². The van der Waals surface area contributed by atoms with E-state index >= 15 is 0 Å². The maximum Gasteiger partial charge on any atom is 0.340 e. The van der Waals surface area contributed by atoms with Gasteiger partial charge in [0.15, 0.2) is 12.4 Å². The molecule has 0 unspecified atom stereocenters. The molecule has 0 saturated heterocycles. The number of carbonyl (C=O) groups excluding carboxylic acids is 3. The van der Waals surface area contributed by atoms with E-state index in [0.717, 1.165) is 11.6 Å². The van der Waals surface area contributed by atoms with Crippen LogP contribution in [0.2, 0.25) is 0 Å². The third-order valence-electron chi connectivity index (χ3n) is 4.11. The van der Waals surface area contributed by atoms with Crippen LogP contribution in [0.5, 0.6) is 0 Å². The van der Waals surface area contributed by atoms with E-state index in [1.807, 2.05) is 30.3 Å². The maximum absolute atomic E-state index is 13.2. The van der Waals surface area contributed by atoms with Crippen molar-refractivity contribution in [1.29, 1.82) is 0 Å². The number of ether oxygens (including phenoxy) is 1. The number of hydrogen-bond acceptors (Lipinski definition) is 4. The highest BCUT2D eigenvalue weighted by Gasteiger charge is 2.17. The molecule has 0 atom stereocenters. The van der Waals surface area contributed by atoms with Crippen LogP contribution in [-0.4, -0.2) is 24.3 Å². The number of Topliss-reactive ketones (excluding diaryl/α,β-unsaturated/α-hetero) is 1. The molecule has 0 aliphatic heterocycles. The first-order valence-corrected chi connectivity index (χ1v) is 8.91. The number of carbonyl (C=O) groups is 3. The van der Waals surface area contributed by atoms with Crippen molar-refractivity contribution >= 4 is 23.3 Å². The summed E-state index contributed by atoms with van der Waals surface area (Å²) in [5.74, 6) is -2.12. The molecule has 0 bridgehead atoms. The molecule has 0 aromatic heterocycles. The SMILES string of the molecule is O=C(Cc1ccccc1)Nc1ccccc1C(=O)OCC(=O)c1cccc(F)c1. The van der Waals surface area contributed by atoms with E-state index in [-0.39, 0.29) is 29.1 Å². The van der Waals surface area contributed by atoms with Gasteiger partial charge in [-0.25, -0.2) is 9.18 Å². The lowest BCUT2D eigenvalue weighted by Gasteiger charge is -2.11. The van der Waals surface area contributed by atoms with E-state index in [1.165, 1.54) is 24.3 Å². The molecule has 0 radical (unpaired) electrons. The fourth-order valence-electron chi connectivity index (χ4n) is 2.70. The Hall–Kier alpha value is -3.80. The van der Waals surface area contributed by atoms with Crippen molar-refractivity contribution in [1.82, 2.24) is 0 Å². The quantitative estimate of drug-likeness (QED) is 0.487. The molecule has 0 saturated carbocycles. The first-order chi connectivity index (χ1) is 14.0. The van der Waals surface area contributed by atoms with E-state index in [9.17, 15) is 18.8 Å². The summed E-state index contributed by atoms with van der Waals surface area (Å²) in [5.41, 5.74) is 1.37. The third-order valence-corrected chi connectivity index (χ3v) is 4.11. The number of benzene rings is 3. The second-order valence-electron chi connectivity index (χ2n) is 6.27. The molecule has 5 nitrogen and oxygen atoms in total.